The van der Waals surface area contributed by atoms with Crippen LogP contribution in [-0.4, -0.2) is 0 Å². The highest BCUT2D eigenvalue weighted by atomic mass is 15.1. The van der Waals surface area contributed by atoms with Crippen LogP contribution in [0.3, 0.4) is 0 Å². The summed E-state index contributed by atoms with van der Waals surface area (Å²) in [6, 6.07) is 101. The Labute approximate surface area is 412 Å². The number of fused-ring (bicyclic) bond motifs is 12. The van der Waals surface area contributed by atoms with E-state index in [1.54, 1.807) is 0 Å². The molecule has 0 aliphatic heterocycles. The predicted molar refractivity (Wildman–Crippen MR) is 305 cm³/mol. The standard InChI is InChI=1S/C70H45N/c1-4-20-47(21-5-1)63-45-64(48-22-6-2-7-23-48)69-61-35-19-16-32-58(61)65-42-50(38-41-62(65)70(69)68(63)49-24-8-3-9-25-49)46-36-39-53(40-37-46)71(66-43-51-26-10-12-28-54(51)56-30-14-17-33-59(56)66)67-44-52-27-11-13-29-55(52)57-31-15-18-34-60(57)67/h1-45H. The molecule has 0 unspecified atom stereocenters. The molecule has 14 rings (SSSR count). The quantitative estimate of drug-likeness (QED) is 0.144. The molecule has 0 amide bonds. The van der Waals surface area contributed by atoms with Crippen LogP contribution in [-0.2, 0) is 0 Å². The maximum Gasteiger partial charge on any atom is 0.0546 e. The lowest BCUT2D eigenvalue weighted by Crippen LogP contribution is -2.11. The Morgan fingerprint density at radius 3 is 1.17 bits per heavy atom. The first-order chi connectivity index (χ1) is 35.2. The molecule has 0 N–H and O–H groups in total. The van der Waals surface area contributed by atoms with Gasteiger partial charge in [-0.2, -0.15) is 0 Å². The Morgan fingerprint density at radius 1 is 0.211 bits per heavy atom. The third-order valence-electron chi connectivity index (χ3n) is 14.8. The molecule has 0 fully saturated rings. The zero-order valence-electron chi connectivity index (χ0n) is 38.9. The number of rotatable bonds is 7. The molecule has 0 spiro atoms. The second kappa shape index (κ2) is 16.7. The Hall–Kier alpha value is -9.30. The van der Waals surface area contributed by atoms with Crippen LogP contribution in [0, 0.1) is 0 Å². The van der Waals surface area contributed by atoms with E-state index in [2.05, 4.69) is 278 Å². The van der Waals surface area contributed by atoms with Gasteiger partial charge in [-0.15, -0.1) is 0 Å². The van der Waals surface area contributed by atoms with E-state index in [9.17, 15) is 0 Å². The summed E-state index contributed by atoms with van der Waals surface area (Å²) in [5.74, 6) is 0. The molecule has 0 bridgehead atoms. The second-order valence-electron chi connectivity index (χ2n) is 18.7. The van der Waals surface area contributed by atoms with Gasteiger partial charge < -0.3 is 4.90 Å². The SMILES string of the molecule is c1ccc(-c2cc(-c3ccccc3)c3c4ccccc4c4cc(-c5ccc(N(c6cc7ccccc7c7ccccc67)c6cc7ccccc7c7ccccc67)cc5)ccc4c3c2-c2ccccc2)cc1. The van der Waals surface area contributed by atoms with Crippen molar-refractivity contribution in [1.29, 1.82) is 0 Å². The molecule has 14 aromatic rings. The normalized spacial score (nSPS) is 11.7. The highest BCUT2D eigenvalue weighted by molar-refractivity contribution is 6.33. The van der Waals surface area contributed by atoms with Crippen LogP contribution < -0.4 is 4.90 Å². The number of nitrogens with zero attached hydrogens (tertiary/aromatic N) is 1. The van der Waals surface area contributed by atoms with E-state index in [4.69, 9.17) is 0 Å². The molecule has 0 atom stereocenters. The average Bonchev–Trinajstić information content (AvgIpc) is 3.45. The topological polar surface area (TPSA) is 3.24 Å². The summed E-state index contributed by atoms with van der Waals surface area (Å²) in [5, 5.41) is 17.4. The molecule has 330 valence electrons. The van der Waals surface area contributed by atoms with E-state index in [1.165, 1.54) is 114 Å². The maximum absolute atomic E-state index is 2.49. The molecule has 0 saturated heterocycles. The monoisotopic (exact) mass is 899 g/mol. The molecule has 0 radical (unpaired) electrons. The van der Waals surface area contributed by atoms with Gasteiger partial charge in [0.2, 0.25) is 0 Å². The van der Waals surface area contributed by atoms with Gasteiger partial charge in [0.25, 0.3) is 0 Å². The fourth-order valence-electron chi connectivity index (χ4n) is 11.6. The van der Waals surface area contributed by atoms with E-state index in [-0.39, 0.29) is 0 Å². The third kappa shape index (κ3) is 6.70. The Balaban J connectivity index is 1.01. The van der Waals surface area contributed by atoms with Gasteiger partial charge in [-0.25, -0.2) is 0 Å². The van der Waals surface area contributed by atoms with Crippen molar-refractivity contribution >= 4 is 92.5 Å². The van der Waals surface area contributed by atoms with Crippen LogP contribution in [0.4, 0.5) is 17.1 Å². The van der Waals surface area contributed by atoms with Crippen molar-refractivity contribution in [1.82, 2.24) is 0 Å². The van der Waals surface area contributed by atoms with Crippen LogP contribution in [0.15, 0.2) is 273 Å². The van der Waals surface area contributed by atoms with Gasteiger partial charge in [-0.1, -0.05) is 237 Å². The molecular weight excluding hydrogens is 855 g/mol. The molecule has 0 saturated carbocycles. The molecule has 0 aliphatic carbocycles. The van der Waals surface area contributed by atoms with Gasteiger partial charge in [0.1, 0.15) is 0 Å². The fraction of sp³-hybridized carbons (Fsp3) is 0. The van der Waals surface area contributed by atoms with Crippen molar-refractivity contribution in [2.24, 2.45) is 0 Å². The average molecular weight is 900 g/mol. The molecule has 0 aliphatic rings. The molecule has 14 aromatic carbocycles. The second-order valence-corrected chi connectivity index (χ2v) is 18.7. The predicted octanol–water partition coefficient (Wildman–Crippen LogP) is 19.9. The van der Waals surface area contributed by atoms with E-state index >= 15 is 0 Å². The maximum atomic E-state index is 2.49. The molecule has 0 heterocycles. The summed E-state index contributed by atoms with van der Waals surface area (Å²) >= 11 is 0. The van der Waals surface area contributed by atoms with Crippen LogP contribution in [0.1, 0.15) is 0 Å². The highest BCUT2D eigenvalue weighted by Crippen LogP contribution is 2.50. The van der Waals surface area contributed by atoms with Crippen LogP contribution >= 0.6 is 0 Å². The van der Waals surface area contributed by atoms with Crippen molar-refractivity contribution in [3.8, 4) is 44.5 Å². The van der Waals surface area contributed by atoms with Crippen LogP contribution in [0.2, 0.25) is 0 Å². The summed E-state index contributed by atoms with van der Waals surface area (Å²) < 4.78 is 0. The van der Waals surface area contributed by atoms with E-state index in [0.717, 1.165) is 22.6 Å². The first-order valence-electron chi connectivity index (χ1n) is 24.6. The van der Waals surface area contributed by atoms with Crippen molar-refractivity contribution in [3.05, 3.63) is 273 Å². The van der Waals surface area contributed by atoms with Gasteiger partial charge in [0.15, 0.2) is 0 Å². The minimum Gasteiger partial charge on any atom is -0.309 e. The van der Waals surface area contributed by atoms with Crippen molar-refractivity contribution in [3.63, 3.8) is 0 Å². The number of anilines is 3. The Kier molecular flexibility index (Phi) is 9.60. The summed E-state index contributed by atoms with van der Waals surface area (Å²) in [4.78, 5) is 2.49. The lowest BCUT2D eigenvalue weighted by Gasteiger charge is -2.29. The minimum atomic E-state index is 1.10. The molecule has 1 heteroatoms. The molecule has 0 aromatic heterocycles. The largest absolute Gasteiger partial charge is 0.309 e. The first kappa shape index (κ1) is 40.7. The van der Waals surface area contributed by atoms with Crippen LogP contribution in [0.25, 0.3) is 120 Å². The summed E-state index contributed by atoms with van der Waals surface area (Å²) in [6.07, 6.45) is 0. The summed E-state index contributed by atoms with van der Waals surface area (Å²) in [7, 11) is 0. The fourth-order valence-corrected chi connectivity index (χ4v) is 11.6. The zero-order chi connectivity index (χ0) is 46.8. The number of benzene rings is 14. The zero-order valence-corrected chi connectivity index (χ0v) is 38.9. The van der Waals surface area contributed by atoms with Crippen LogP contribution in [0.5, 0.6) is 0 Å². The third-order valence-corrected chi connectivity index (χ3v) is 14.8. The van der Waals surface area contributed by atoms with Crippen molar-refractivity contribution < 1.29 is 0 Å². The van der Waals surface area contributed by atoms with Gasteiger partial charge in [0.05, 0.1) is 11.4 Å². The summed E-state index contributed by atoms with van der Waals surface area (Å²) in [6.45, 7) is 0. The van der Waals surface area contributed by atoms with E-state index in [0.29, 0.717) is 0 Å². The van der Waals surface area contributed by atoms with Crippen molar-refractivity contribution in [2.45, 2.75) is 0 Å². The lowest BCUT2D eigenvalue weighted by atomic mass is 9.81. The Morgan fingerprint density at radius 2 is 0.620 bits per heavy atom. The first-order valence-corrected chi connectivity index (χ1v) is 24.6. The molecular formula is C70H45N. The van der Waals surface area contributed by atoms with E-state index in [1.807, 2.05) is 0 Å². The van der Waals surface area contributed by atoms with Gasteiger partial charge in [-0.05, 0) is 146 Å². The van der Waals surface area contributed by atoms with Gasteiger partial charge >= 0.3 is 0 Å². The number of hydrogen-bond acceptors (Lipinski definition) is 1. The highest BCUT2D eigenvalue weighted by Gasteiger charge is 2.24. The minimum absolute atomic E-state index is 1.10. The lowest BCUT2D eigenvalue weighted by molar-refractivity contribution is 1.32. The summed E-state index contributed by atoms with van der Waals surface area (Å²) in [5.41, 5.74) is 13.1. The molecule has 71 heavy (non-hydrogen) atoms. The van der Waals surface area contributed by atoms with Crippen molar-refractivity contribution in [2.75, 3.05) is 4.90 Å². The van der Waals surface area contributed by atoms with E-state index < -0.39 is 0 Å². The van der Waals surface area contributed by atoms with Gasteiger partial charge in [0, 0.05) is 16.5 Å². The van der Waals surface area contributed by atoms with Gasteiger partial charge in [-0.3, -0.25) is 0 Å². The smallest absolute Gasteiger partial charge is 0.0546 e. The molecule has 1 nitrogen and oxygen atoms in total. The number of hydrogen-bond donors (Lipinski definition) is 0. The Bertz CT molecular complexity index is 4250.